The second-order valence-electron chi connectivity index (χ2n) is 7.68. The van der Waals surface area contributed by atoms with Crippen molar-refractivity contribution in [3.63, 3.8) is 0 Å². The van der Waals surface area contributed by atoms with Crippen molar-refractivity contribution in [2.24, 2.45) is 17.3 Å². The molecule has 1 spiro atoms. The second-order valence-corrected chi connectivity index (χ2v) is 7.68. The molecule has 2 fully saturated rings. The van der Waals surface area contributed by atoms with Crippen LogP contribution in [0.3, 0.4) is 0 Å². The summed E-state index contributed by atoms with van der Waals surface area (Å²) in [6, 6.07) is 10.8. The number of carbonyl (C=O) groups is 1. The van der Waals surface area contributed by atoms with Crippen molar-refractivity contribution < 1.29 is 9.90 Å². The Kier molecular flexibility index (Phi) is 4.77. The predicted octanol–water partition coefficient (Wildman–Crippen LogP) is 3.44. The molecule has 126 valence electrons. The highest BCUT2D eigenvalue weighted by Crippen LogP contribution is 2.52. The van der Waals surface area contributed by atoms with Gasteiger partial charge in [-0.15, -0.1) is 0 Å². The second kappa shape index (κ2) is 6.64. The predicted molar refractivity (Wildman–Crippen MR) is 92.1 cm³/mol. The quantitative estimate of drug-likeness (QED) is 0.904. The molecule has 2 aliphatic rings. The summed E-state index contributed by atoms with van der Waals surface area (Å²) in [6.45, 7) is 6.11. The molecule has 1 aliphatic carbocycles. The van der Waals surface area contributed by atoms with Crippen molar-refractivity contribution in [2.75, 3.05) is 19.7 Å². The van der Waals surface area contributed by atoms with E-state index in [0.29, 0.717) is 11.3 Å². The summed E-state index contributed by atoms with van der Waals surface area (Å²) < 4.78 is 0. The number of aliphatic hydroxyl groups is 1. The molecule has 1 aliphatic heterocycles. The highest BCUT2D eigenvalue weighted by Gasteiger charge is 2.50. The first-order valence-electron chi connectivity index (χ1n) is 9.03. The van der Waals surface area contributed by atoms with Gasteiger partial charge in [-0.1, -0.05) is 44.2 Å². The maximum Gasteiger partial charge on any atom is 0.228 e. The molecular weight excluding hydrogens is 286 g/mol. The average Bonchev–Trinajstić information content (AvgIpc) is 3.00. The molecule has 3 atom stereocenters. The molecule has 1 aromatic carbocycles. The largest absolute Gasteiger partial charge is 0.396 e. The van der Waals surface area contributed by atoms with Gasteiger partial charge in [-0.05, 0) is 43.1 Å². The van der Waals surface area contributed by atoms with Crippen LogP contribution >= 0.6 is 0 Å². The SMILES string of the molecule is CC[C@H](CO)C(=O)N1CC2(CC[C@H]([C@H](C)c3ccccc3)C2)C1. The van der Waals surface area contributed by atoms with Crippen molar-refractivity contribution in [3.05, 3.63) is 35.9 Å². The van der Waals surface area contributed by atoms with Gasteiger partial charge in [0.1, 0.15) is 0 Å². The Hall–Kier alpha value is -1.35. The van der Waals surface area contributed by atoms with Gasteiger partial charge in [0.2, 0.25) is 5.91 Å². The Morgan fingerprint density at radius 1 is 1.35 bits per heavy atom. The van der Waals surface area contributed by atoms with Gasteiger partial charge in [-0.25, -0.2) is 0 Å². The lowest BCUT2D eigenvalue weighted by molar-refractivity contribution is -0.149. The molecule has 1 amide bonds. The number of likely N-dealkylation sites (tertiary alicyclic amines) is 1. The van der Waals surface area contributed by atoms with Crippen LogP contribution in [-0.2, 0) is 4.79 Å². The molecule has 1 N–H and O–H groups in total. The maximum atomic E-state index is 12.3. The monoisotopic (exact) mass is 315 g/mol. The Morgan fingerprint density at radius 2 is 2.04 bits per heavy atom. The van der Waals surface area contributed by atoms with E-state index in [1.807, 2.05) is 11.8 Å². The van der Waals surface area contributed by atoms with Gasteiger partial charge in [0, 0.05) is 18.5 Å². The maximum absolute atomic E-state index is 12.3. The summed E-state index contributed by atoms with van der Waals surface area (Å²) in [5.74, 6) is 1.28. The van der Waals surface area contributed by atoms with Crippen LogP contribution < -0.4 is 0 Å². The smallest absolute Gasteiger partial charge is 0.228 e. The first kappa shape index (κ1) is 16.5. The number of aliphatic hydroxyl groups excluding tert-OH is 1. The zero-order valence-corrected chi connectivity index (χ0v) is 14.4. The Morgan fingerprint density at radius 3 is 2.65 bits per heavy atom. The average molecular weight is 315 g/mol. The van der Waals surface area contributed by atoms with Crippen LogP contribution in [-0.4, -0.2) is 35.6 Å². The minimum atomic E-state index is -0.201. The summed E-state index contributed by atoms with van der Waals surface area (Å²) >= 11 is 0. The summed E-state index contributed by atoms with van der Waals surface area (Å²) in [5, 5.41) is 9.32. The van der Waals surface area contributed by atoms with Gasteiger partial charge >= 0.3 is 0 Å². The molecule has 1 aromatic rings. The van der Waals surface area contributed by atoms with Crippen molar-refractivity contribution in [2.45, 2.75) is 45.4 Å². The number of rotatable bonds is 5. The number of nitrogens with zero attached hydrogens (tertiary/aromatic N) is 1. The van der Waals surface area contributed by atoms with Gasteiger partial charge in [0.15, 0.2) is 0 Å². The van der Waals surface area contributed by atoms with E-state index in [2.05, 4.69) is 37.3 Å². The van der Waals surface area contributed by atoms with Crippen LogP contribution in [0.5, 0.6) is 0 Å². The lowest BCUT2D eigenvalue weighted by Crippen LogP contribution is -2.59. The van der Waals surface area contributed by atoms with Gasteiger partial charge in [-0.2, -0.15) is 0 Å². The van der Waals surface area contributed by atoms with Crippen LogP contribution in [0, 0.1) is 17.3 Å². The molecule has 0 radical (unpaired) electrons. The van der Waals surface area contributed by atoms with E-state index in [4.69, 9.17) is 0 Å². The van der Waals surface area contributed by atoms with Crippen LogP contribution in [0.15, 0.2) is 30.3 Å². The van der Waals surface area contributed by atoms with Crippen molar-refractivity contribution in [1.29, 1.82) is 0 Å². The van der Waals surface area contributed by atoms with Gasteiger partial charge < -0.3 is 10.0 Å². The van der Waals surface area contributed by atoms with E-state index in [9.17, 15) is 9.90 Å². The summed E-state index contributed by atoms with van der Waals surface area (Å²) in [5.41, 5.74) is 1.80. The Labute approximate surface area is 139 Å². The molecule has 3 heteroatoms. The lowest BCUT2D eigenvalue weighted by Gasteiger charge is -2.49. The van der Waals surface area contributed by atoms with Crippen LogP contribution in [0.4, 0.5) is 0 Å². The number of benzene rings is 1. The van der Waals surface area contributed by atoms with E-state index in [-0.39, 0.29) is 18.4 Å². The fraction of sp³-hybridized carbons (Fsp3) is 0.650. The third-order valence-electron chi connectivity index (χ3n) is 6.20. The van der Waals surface area contributed by atoms with Crippen LogP contribution in [0.2, 0.25) is 0 Å². The third kappa shape index (κ3) is 3.16. The molecule has 0 aromatic heterocycles. The number of hydrogen-bond donors (Lipinski definition) is 1. The van der Waals surface area contributed by atoms with Crippen molar-refractivity contribution in [1.82, 2.24) is 4.90 Å². The van der Waals surface area contributed by atoms with Crippen molar-refractivity contribution in [3.8, 4) is 0 Å². The summed E-state index contributed by atoms with van der Waals surface area (Å²) in [4.78, 5) is 14.3. The van der Waals surface area contributed by atoms with E-state index < -0.39 is 0 Å². The van der Waals surface area contributed by atoms with E-state index >= 15 is 0 Å². The molecule has 3 rings (SSSR count). The van der Waals surface area contributed by atoms with E-state index in [1.165, 1.54) is 24.8 Å². The highest BCUT2D eigenvalue weighted by molar-refractivity contribution is 5.80. The first-order valence-corrected chi connectivity index (χ1v) is 9.03. The molecule has 23 heavy (non-hydrogen) atoms. The number of carbonyl (C=O) groups excluding carboxylic acids is 1. The normalized spacial score (nSPS) is 25.2. The summed E-state index contributed by atoms with van der Waals surface area (Å²) in [7, 11) is 0. The van der Waals surface area contributed by atoms with Crippen molar-refractivity contribution >= 4 is 5.91 Å². The lowest BCUT2D eigenvalue weighted by atomic mass is 9.75. The van der Waals surface area contributed by atoms with Gasteiger partial charge in [0.05, 0.1) is 12.5 Å². The molecule has 3 nitrogen and oxygen atoms in total. The topological polar surface area (TPSA) is 40.5 Å². The summed E-state index contributed by atoms with van der Waals surface area (Å²) in [6.07, 6.45) is 4.49. The van der Waals surface area contributed by atoms with Crippen LogP contribution in [0.25, 0.3) is 0 Å². The van der Waals surface area contributed by atoms with Gasteiger partial charge in [-0.3, -0.25) is 4.79 Å². The molecular formula is C20H29NO2. The zero-order valence-electron chi connectivity index (χ0n) is 14.4. The van der Waals surface area contributed by atoms with Crippen LogP contribution in [0.1, 0.15) is 51.0 Å². The number of hydrogen-bond acceptors (Lipinski definition) is 2. The van der Waals surface area contributed by atoms with Gasteiger partial charge in [0.25, 0.3) is 0 Å². The molecule has 1 saturated heterocycles. The fourth-order valence-corrected chi connectivity index (χ4v) is 4.55. The highest BCUT2D eigenvalue weighted by atomic mass is 16.3. The standard InChI is InChI=1S/C20H29NO2/c1-3-16(12-22)19(23)21-13-20(14-21)10-9-18(11-20)15(2)17-7-5-4-6-8-17/h4-8,15-16,18,22H,3,9-14H2,1-2H3/t15-,16-,18+/m1/s1. The van der Waals surface area contributed by atoms with E-state index in [1.54, 1.807) is 0 Å². The van der Waals surface area contributed by atoms with E-state index in [0.717, 1.165) is 25.4 Å². The Balaban J connectivity index is 1.56. The molecule has 1 saturated carbocycles. The third-order valence-corrected chi connectivity index (χ3v) is 6.20. The minimum absolute atomic E-state index is 0.0213. The number of amides is 1. The molecule has 0 bridgehead atoms. The molecule has 1 heterocycles. The zero-order chi connectivity index (χ0) is 16.4. The first-order chi connectivity index (χ1) is 11.1. The fourth-order valence-electron chi connectivity index (χ4n) is 4.55. The minimum Gasteiger partial charge on any atom is -0.396 e. The Bertz CT molecular complexity index is 532. The molecule has 0 unspecified atom stereocenters.